The van der Waals surface area contributed by atoms with Crippen LogP contribution in [0, 0.1) is 5.92 Å². The Balaban J connectivity index is 1.75. The van der Waals surface area contributed by atoms with Crippen LogP contribution >= 0.6 is 0 Å². The molecule has 4 heteroatoms. The van der Waals surface area contributed by atoms with Gasteiger partial charge in [-0.1, -0.05) is 6.07 Å². The van der Waals surface area contributed by atoms with E-state index in [0.29, 0.717) is 0 Å². The zero-order chi connectivity index (χ0) is 13.9. The Hall–Kier alpha value is -2.10. The highest BCUT2D eigenvalue weighted by molar-refractivity contribution is 5.85. The molecule has 2 aromatic rings. The number of piperidine rings is 1. The molecule has 20 heavy (non-hydrogen) atoms. The third kappa shape index (κ3) is 2.46. The van der Waals surface area contributed by atoms with Crippen LogP contribution in [0.5, 0.6) is 0 Å². The standard InChI is InChI=1S/C16H18N2O2/c1-20-16(19)12-5-8-18(9-6-12)15-3-2-14-11-17-7-4-13(14)10-15/h2-4,7,10-12H,5-6,8-9H2,1H3. The van der Waals surface area contributed by atoms with Crippen LogP contribution in [0.15, 0.2) is 36.7 Å². The van der Waals surface area contributed by atoms with Crippen molar-refractivity contribution < 1.29 is 9.53 Å². The molecule has 1 aliphatic heterocycles. The van der Waals surface area contributed by atoms with Crippen LogP contribution in [0.2, 0.25) is 0 Å². The number of esters is 1. The smallest absolute Gasteiger partial charge is 0.308 e. The molecule has 1 saturated heterocycles. The molecule has 0 unspecified atom stereocenters. The van der Waals surface area contributed by atoms with Gasteiger partial charge in [0.05, 0.1) is 13.0 Å². The molecule has 0 saturated carbocycles. The first kappa shape index (κ1) is 12.9. The monoisotopic (exact) mass is 270 g/mol. The molecule has 0 spiro atoms. The molecule has 104 valence electrons. The van der Waals surface area contributed by atoms with Crippen LogP contribution < -0.4 is 4.90 Å². The minimum Gasteiger partial charge on any atom is -0.469 e. The molecule has 4 nitrogen and oxygen atoms in total. The van der Waals surface area contributed by atoms with E-state index in [1.807, 2.05) is 18.5 Å². The van der Waals surface area contributed by atoms with Gasteiger partial charge in [0.15, 0.2) is 0 Å². The average molecular weight is 270 g/mol. The summed E-state index contributed by atoms with van der Waals surface area (Å²) in [6, 6.07) is 8.45. The van der Waals surface area contributed by atoms with Crippen LogP contribution in [0.1, 0.15) is 12.8 Å². The second kappa shape index (κ2) is 5.49. The molecule has 0 aliphatic carbocycles. The molecule has 2 heterocycles. The van der Waals surface area contributed by atoms with Gasteiger partial charge in [0.1, 0.15) is 0 Å². The van der Waals surface area contributed by atoms with E-state index in [1.54, 1.807) is 0 Å². The minimum atomic E-state index is -0.0748. The zero-order valence-electron chi connectivity index (χ0n) is 11.6. The summed E-state index contributed by atoms with van der Waals surface area (Å²) in [5, 5.41) is 2.35. The predicted octanol–water partition coefficient (Wildman–Crippen LogP) is 2.62. The van der Waals surface area contributed by atoms with Gasteiger partial charge >= 0.3 is 5.97 Å². The van der Waals surface area contributed by atoms with E-state index < -0.39 is 0 Å². The van der Waals surface area contributed by atoms with Crippen molar-refractivity contribution in [3.05, 3.63) is 36.7 Å². The Morgan fingerprint density at radius 2 is 2.05 bits per heavy atom. The van der Waals surface area contributed by atoms with Crippen LogP contribution in [-0.2, 0) is 9.53 Å². The summed E-state index contributed by atoms with van der Waals surface area (Å²) in [4.78, 5) is 18.0. The van der Waals surface area contributed by atoms with Crippen molar-refractivity contribution >= 4 is 22.4 Å². The fourth-order valence-corrected chi connectivity index (χ4v) is 2.81. The quantitative estimate of drug-likeness (QED) is 0.787. The lowest BCUT2D eigenvalue weighted by Gasteiger charge is -2.32. The SMILES string of the molecule is COC(=O)C1CCN(c2ccc3cnccc3c2)CC1. The number of anilines is 1. The number of carbonyl (C=O) groups is 1. The highest BCUT2D eigenvalue weighted by atomic mass is 16.5. The van der Waals surface area contributed by atoms with Crippen molar-refractivity contribution in [2.45, 2.75) is 12.8 Å². The van der Waals surface area contributed by atoms with Crippen LogP contribution in [0.25, 0.3) is 10.8 Å². The van der Waals surface area contributed by atoms with Crippen molar-refractivity contribution in [2.75, 3.05) is 25.1 Å². The van der Waals surface area contributed by atoms with Gasteiger partial charge in [0.25, 0.3) is 0 Å². The summed E-state index contributed by atoms with van der Waals surface area (Å²) in [6.45, 7) is 1.80. The molecule has 0 amide bonds. The van der Waals surface area contributed by atoms with E-state index in [0.717, 1.165) is 31.3 Å². The van der Waals surface area contributed by atoms with Crippen molar-refractivity contribution in [3.63, 3.8) is 0 Å². The number of fused-ring (bicyclic) bond motifs is 1. The first-order chi connectivity index (χ1) is 9.78. The normalized spacial score (nSPS) is 16.4. The second-order valence-corrected chi connectivity index (χ2v) is 5.19. The first-order valence-electron chi connectivity index (χ1n) is 6.94. The molecule has 0 N–H and O–H groups in total. The van der Waals surface area contributed by atoms with E-state index in [-0.39, 0.29) is 11.9 Å². The maximum atomic E-state index is 11.5. The van der Waals surface area contributed by atoms with Crippen LogP contribution in [0.3, 0.4) is 0 Å². The predicted molar refractivity (Wildman–Crippen MR) is 78.7 cm³/mol. The number of aromatic nitrogens is 1. The van der Waals surface area contributed by atoms with Crippen LogP contribution in [-0.4, -0.2) is 31.2 Å². The summed E-state index contributed by atoms with van der Waals surface area (Å²) in [5.74, 6) is -0.0184. The number of hydrogen-bond acceptors (Lipinski definition) is 4. The maximum absolute atomic E-state index is 11.5. The molecular formula is C16H18N2O2. The van der Waals surface area contributed by atoms with Gasteiger partial charge in [-0.25, -0.2) is 0 Å². The van der Waals surface area contributed by atoms with Gasteiger partial charge in [0, 0.05) is 36.6 Å². The molecule has 0 atom stereocenters. The molecular weight excluding hydrogens is 252 g/mol. The Bertz CT molecular complexity index is 619. The van der Waals surface area contributed by atoms with Gasteiger partial charge in [-0.15, -0.1) is 0 Å². The third-order valence-corrected chi connectivity index (χ3v) is 4.02. The Morgan fingerprint density at radius 3 is 2.80 bits per heavy atom. The molecule has 1 aromatic heterocycles. The number of benzene rings is 1. The zero-order valence-corrected chi connectivity index (χ0v) is 11.6. The Kier molecular flexibility index (Phi) is 3.54. The first-order valence-corrected chi connectivity index (χ1v) is 6.94. The van der Waals surface area contributed by atoms with Crippen molar-refractivity contribution in [1.29, 1.82) is 0 Å². The largest absolute Gasteiger partial charge is 0.469 e. The number of rotatable bonds is 2. The average Bonchev–Trinajstić information content (AvgIpc) is 2.54. The van der Waals surface area contributed by atoms with E-state index in [4.69, 9.17) is 4.74 Å². The van der Waals surface area contributed by atoms with E-state index in [9.17, 15) is 4.79 Å². The number of pyridine rings is 1. The van der Waals surface area contributed by atoms with E-state index in [2.05, 4.69) is 28.1 Å². The number of hydrogen-bond donors (Lipinski definition) is 0. The molecule has 1 aliphatic rings. The topological polar surface area (TPSA) is 42.4 Å². The summed E-state index contributed by atoms with van der Waals surface area (Å²) in [7, 11) is 1.46. The van der Waals surface area contributed by atoms with E-state index >= 15 is 0 Å². The van der Waals surface area contributed by atoms with Crippen LogP contribution in [0.4, 0.5) is 5.69 Å². The molecule has 3 rings (SSSR count). The summed E-state index contributed by atoms with van der Waals surface area (Å²) >= 11 is 0. The minimum absolute atomic E-state index is 0.0564. The number of ether oxygens (including phenoxy) is 1. The molecule has 0 bridgehead atoms. The number of carbonyl (C=O) groups excluding carboxylic acids is 1. The van der Waals surface area contributed by atoms with Gasteiger partial charge < -0.3 is 9.64 Å². The number of nitrogens with zero attached hydrogens (tertiary/aromatic N) is 2. The van der Waals surface area contributed by atoms with Gasteiger partial charge in [-0.05, 0) is 36.4 Å². The Morgan fingerprint density at radius 1 is 1.25 bits per heavy atom. The fraction of sp³-hybridized carbons (Fsp3) is 0.375. The Labute approximate surface area is 118 Å². The lowest BCUT2D eigenvalue weighted by molar-refractivity contribution is -0.146. The van der Waals surface area contributed by atoms with Gasteiger partial charge in [0.2, 0.25) is 0 Å². The number of methoxy groups -OCH3 is 1. The molecule has 0 radical (unpaired) electrons. The second-order valence-electron chi connectivity index (χ2n) is 5.19. The van der Waals surface area contributed by atoms with Gasteiger partial charge in [-0.2, -0.15) is 0 Å². The lowest BCUT2D eigenvalue weighted by atomic mass is 9.96. The van der Waals surface area contributed by atoms with Crippen molar-refractivity contribution in [1.82, 2.24) is 4.98 Å². The maximum Gasteiger partial charge on any atom is 0.308 e. The van der Waals surface area contributed by atoms with E-state index in [1.165, 1.54) is 18.2 Å². The van der Waals surface area contributed by atoms with Crippen molar-refractivity contribution in [3.8, 4) is 0 Å². The highest BCUT2D eigenvalue weighted by Crippen LogP contribution is 2.26. The molecule has 1 aromatic carbocycles. The summed E-state index contributed by atoms with van der Waals surface area (Å²) < 4.78 is 4.82. The molecule has 1 fully saturated rings. The van der Waals surface area contributed by atoms with Crippen molar-refractivity contribution in [2.24, 2.45) is 5.92 Å². The van der Waals surface area contributed by atoms with Gasteiger partial charge in [-0.3, -0.25) is 9.78 Å². The fourth-order valence-electron chi connectivity index (χ4n) is 2.81. The third-order valence-electron chi connectivity index (χ3n) is 4.02. The highest BCUT2D eigenvalue weighted by Gasteiger charge is 2.25. The summed E-state index contributed by atoms with van der Waals surface area (Å²) in [5.41, 5.74) is 1.21. The lowest BCUT2D eigenvalue weighted by Crippen LogP contribution is -2.36. The summed E-state index contributed by atoms with van der Waals surface area (Å²) in [6.07, 6.45) is 5.42.